The molecular weight excluding hydrogens is 506 g/mol. The van der Waals surface area contributed by atoms with E-state index in [4.69, 9.17) is 0 Å². The second-order valence-electron chi connectivity index (χ2n) is 8.18. The molecule has 0 aliphatic rings. The highest BCUT2D eigenvalue weighted by Gasteiger charge is 2.30. The lowest BCUT2D eigenvalue weighted by atomic mass is 10.1. The molecule has 2 aromatic rings. The Morgan fingerprint density at radius 2 is 1.73 bits per heavy atom. The molecule has 0 heterocycles. The van der Waals surface area contributed by atoms with Gasteiger partial charge < -0.3 is 10.2 Å². The molecule has 1 N–H and O–H groups in total. The SMILES string of the molecule is CCCNC(=O)[C@@H](C)N(Cc1ccc(C)cc1)C(=O)CN(c1ccc(Br)c(C)c1)S(C)(=O)=O. The van der Waals surface area contributed by atoms with Gasteiger partial charge in [-0.05, 0) is 56.5 Å². The summed E-state index contributed by atoms with van der Waals surface area (Å²) in [6.07, 6.45) is 1.84. The minimum atomic E-state index is -3.74. The molecule has 2 rings (SSSR count). The van der Waals surface area contributed by atoms with E-state index in [0.717, 1.165) is 38.1 Å². The number of hydrogen-bond donors (Lipinski definition) is 1. The van der Waals surface area contributed by atoms with E-state index in [9.17, 15) is 18.0 Å². The van der Waals surface area contributed by atoms with E-state index in [0.29, 0.717) is 12.2 Å². The van der Waals surface area contributed by atoms with Crippen molar-refractivity contribution in [1.29, 1.82) is 0 Å². The Kier molecular flexibility index (Phi) is 9.48. The normalized spacial score (nSPS) is 12.2. The molecule has 2 amide bonds. The molecule has 9 heteroatoms. The number of nitrogens with one attached hydrogen (secondary N) is 1. The quantitative estimate of drug-likeness (QED) is 0.499. The van der Waals surface area contributed by atoms with Crippen LogP contribution in [-0.2, 0) is 26.2 Å². The highest BCUT2D eigenvalue weighted by atomic mass is 79.9. The summed E-state index contributed by atoms with van der Waals surface area (Å²) in [6.45, 7) is 7.71. The van der Waals surface area contributed by atoms with Gasteiger partial charge in [0.1, 0.15) is 12.6 Å². The molecule has 33 heavy (non-hydrogen) atoms. The van der Waals surface area contributed by atoms with Crippen molar-refractivity contribution >= 4 is 43.5 Å². The third-order valence-corrected chi connectivity index (χ3v) is 7.33. The van der Waals surface area contributed by atoms with Gasteiger partial charge in [0.2, 0.25) is 21.8 Å². The number of halogens is 1. The lowest BCUT2D eigenvalue weighted by molar-refractivity contribution is -0.139. The number of amides is 2. The Hall–Kier alpha value is -2.39. The maximum absolute atomic E-state index is 13.4. The monoisotopic (exact) mass is 537 g/mol. The maximum Gasteiger partial charge on any atom is 0.244 e. The Labute approximate surface area is 205 Å². The molecule has 0 unspecified atom stereocenters. The summed E-state index contributed by atoms with van der Waals surface area (Å²) in [5.41, 5.74) is 3.18. The van der Waals surface area contributed by atoms with Crippen LogP contribution in [0.5, 0.6) is 0 Å². The molecule has 180 valence electrons. The Bertz CT molecular complexity index is 1090. The van der Waals surface area contributed by atoms with Crippen molar-refractivity contribution in [3.8, 4) is 0 Å². The Morgan fingerprint density at radius 3 is 2.27 bits per heavy atom. The van der Waals surface area contributed by atoms with Crippen LogP contribution in [-0.4, -0.2) is 50.5 Å². The summed E-state index contributed by atoms with van der Waals surface area (Å²) < 4.78 is 27.1. The van der Waals surface area contributed by atoms with Crippen molar-refractivity contribution in [2.75, 3.05) is 23.7 Å². The first-order valence-electron chi connectivity index (χ1n) is 10.8. The van der Waals surface area contributed by atoms with E-state index in [-0.39, 0.29) is 12.5 Å². The van der Waals surface area contributed by atoms with Crippen LogP contribution < -0.4 is 9.62 Å². The van der Waals surface area contributed by atoms with Crippen LogP contribution in [0.2, 0.25) is 0 Å². The third kappa shape index (κ3) is 7.57. The van der Waals surface area contributed by atoms with Crippen molar-refractivity contribution in [1.82, 2.24) is 10.2 Å². The first kappa shape index (κ1) is 26.9. The van der Waals surface area contributed by atoms with E-state index >= 15 is 0 Å². The minimum absolute atomic E-state index is 0.191. The zero-order valence-corrected chi connectivity index (χ0v) is 22.2. The molecule has 7 nitrogen and oxygen atoms in total. The minimum Gasteiger partial charge on any atom is -0.354 e. The number of hydrogen-bond acceptors (Lipinski definition) is 4. The number of benzene rings is 2. The van der Waals surface area contributed by atoms with Crippen LogP contribution in [0.25, 0.3) is 0 Å². The molecule has 2 aromatic carbocycles. The van der Waals surface area contributed by atoms with Crippen LogP contribution in [0.3, 0.4) is 0 Å². The average Bonchev–Trinajstić information content (AvgIpc) is 2.76. The number of nitrogens with zero attached hydrogens (tertiary/aromatic N) is 2. The first-order valence-corrected chi connectivity index (χ1v) is 13.4. The molecule has 0 fully saturated rings. The number of anilines is 1. The highest BCUT2D eigenvalue weighted by molar-refractivity contribution is 9.10. The smallest absolute Gasteiger partial charge is 0.244 e. The van der Waals surface area contributed by atoms with Gasteiger partial charge in [-0.3, -0.25) is 13.9 Å². The van der Waals surface area contributed by atoms with Gasteiger partial charge in [0.25, 0.3) is 0 Å². The molecule has 0 spiro atoms. The van der Waals surface area contributed by atoms with Gasteiger partial charge in [0.15, 0.2) is 0 Å². The molecule has 0 radical (unpaired) electrons. The Balaban J connectivity index is 2.38. The van der Waals surface area contributed by atoms with Crippen molar-refractivity contribution in [2.45, 2.75) is 46.7 Å². The number of rotatable bonds is 10. The maximum atomic E-state index is 13.4. The number of carbonyl (C=O) groups excluding carboxylic acids is 2. The molecule has 0 aliphatic heterocycles. The van der Waals surface area contributed by atoms with E-state index in [2.05, 4.69) is 21.2 Å². The molecule has 0 bridgehead atoms. The second kappa shape index (κ2) is 11.7. The van der Waals surface area contributed by atoms with Crippen LogP contribution in [0.4, 0.5) is 5.69 Å². The van der Waals surface area contributed by atoms with Gasteiger partial charge in [0, 0.05) is 17.6 Å². The number of carbonyl (C=O) groups is 2. The standard InChI is InChI=1S/C24H32BrN3O4S/c1-6-13-26-24(30)19(4)27(15-20-9-7-17(2)8-10-20)23(29)16-28(33(5,31)32)21-11-12-22(25)18(3)14-21/h7-12,14,19H,6,13,15-16H2,1-5H3,(H,26,30)/t19-/m1/s1. The lowest BCUT2D eigenvalue weighted by Crippen LogP contribution is -2.51. The van der Waals surface area contributed by atoms with Gasteiger partial charge in [0.05, 0.1) is 11.9 Å². The first-order chi connectivity index (χ1) is 15.4. The van der Waals surface area contributed by atoms with Gasteiger partial charge in [-0.1, -0.05) is 52.7 Å². The molecule has 0 saturated heterocycles. The van der Waals surface area contributed by atoms with Crippen molar-refractivity contribution in [3.05, 3.63) is 63.6 Å². The summed E-state index contributed by atoms with van der Waals surface area (Å²) in [5, 5.41) is 2.82. The summed E-state index contributed by atoms with van der Waals surface area (Å²) in [4.78, 5) is 27.6. The number of sulfonamides is 1. The number of aryl methyl sites for hydroxylation is 2. The average molecular weight is 539 g/mol. The molecule has 0 saturated carbocycles. The lowest BCUT2D eigenvalue weighted by Gasteiger charge is -2.31. The summed E-state index contributed by atoms with van der Waals surface area (Å²) in [5.74, 6) is -0.733. The molecule has 0 aromatic heterocycles. The zero-order valence-electron chi connectivity index (χ0n) is 19.8. The summed E-state index contributed by atoms with van der Waals surface area (Å²) in [7, 11) is -3.74. The van der Waals surface area contributed by atoms with Crippen molar-refractivity contribution in [3.63, 3.8) is 0 Å². The van der Waals surface area contributed by atoms with E-state index in [1.165, 1.54) is 4.90 Å². The van der Waals surface area contributed by atoms with Gasteiger partial charge >= 0.3 is 0 Å². The summed E-state index contributed by atoms with van der Waals surface area (Å²) >= 11 is 3.41. The predicted molar refractivity (Wildman–Crippen MR) is 136 cm³/mol. The molecule has 0 aliphatic carbocycles. The predicted octanol–water partition coefficient (Wildman–Crippen LogP) is 3.78. The van der Waals surface area contributed by atoms with E-state index < -0.39 is 28.5 Å². The topological polar surface area (TPSA) is 86.8 Å². The van der Waals surface area contributed by atoms with Crippen molar-refractivity contribution < 1.29 is 18.0 Å². The third-order valence-electron chi connectivity index (χ3n) is 5.30. The zero-order chi connectivity index (χ0) is 24.8. The second-order valence-corrected chi connectivity index (χ2v) is 10.9. The van der Waals surface area contributed by atoms with Gasteiger partial charge in [-0.25, -0.2) is 8.42 Å². The van der Waals surface area contributed by atoms with E-state index in [1.54, 1.807) is 25.1 Å². The largest absolute Gasteiger partial charge is 0.354 e. The van der Waals surface area contributed by atoms with Crippen LogP contribution in [0.1, 0.15) is 37.0 Å². The fourth-order valence-corrected chi connectivity index (χ4v) is 4.35. The molecular formula is C24H32BrN3O4S. The fraction of sp³-hybridized carbons (Fsp3) is 0.417. The fourth-order valence-electron chi connectivity index (χ4n) is 3.27. The van der Waals surface area contributed by atoms with Crippen molar-refractivity contribution in [2.24, 2.45) is 0 Å². The van der Waals surface area contributed by atoms with Crippen LogP contribution in [0.15, 0.2) is 46.9 Å². The van der Waals surface area contributed by atoms with Gasteiger partial charge in [-0.2, -0.15) is 0 Å². The van der Waals surface area contributed by atoms with E-state index in [1.807, 2.05) is 45.0 Å². The van der Waals surface area contributed by atoms with Crippen LogP contribution >= 0.6 is 15.9 Å². The molecule has 1 atom stereocenters. The highest BCUT2D eigenvalue weighted by Crippen LogP contribution is 2.25. The van der Waals surface area contributed by atoms with Crippen LogP contribution in [0, 0.1) is 13.8 Å². The summed E-state index contributed by atoms with van der Waals surface area (Å²) in [6, 6.07) is 12.0. The van der Waals surface area contributed by atoms with Gasteiger partial charge in [-0.15, -0.1) is 0 Å². The Morgan fingerprint density at radius 1 is 1.09 bits per heavy atom.